The normalized spacial score (nSPS) is 11.3. The summed E-state index contributed by atoms with van der Waals surface area (Å²) < 4.78 is 35.7. The summed E-state index contributed by atoms with van der Waals surface area (Å²) in [6, 6.07) is 9.89. The van der Waals surface area contributed by atoms with Crippen molar-refractivity contribution in [3.63, 3.8) is 0 Å². The molecular formula is C20H16F2N4O4. The molecule has 0 aliphatic rings. The molecule has 0 amide bonds. The molecule has 0 unspecified atom stereocenters. The van der Waals surface area contributed by atoms with Gasteiger partial charge in [0, 0.05) is 11.6 Å². The van der Waals surface area contributed by atoms with E-state index in [1.807, 2.05) is 0 Å². The average Bonchev–Trinajstić information content (AvgIpc) is 3.01. The van der Waals surface area contributed by atoms with E-state index in [4.69, 9.17) is 4.74 Å². The molecule has 0 aliphatic carbocycles. The van der Waals surface area contributed by atoms with Crippen molar-refractivity contribution in [2.24, 2.45) is 0 Å². The monoisotopic (exact) mass is 414 g/mol. The van der Waals surface area contributed by atoms with Crippen LogP contribution in [0.15, 0.2) is 52.1 Å². The van der Waals surface area contributed by atoms with Crippen LogP contribution < -0.4 is 11.1 Å². The van der Waals surface area contributed by atoms with Crippen LogP contribution in [0.4, 0.5) is 8.78 Å². The third kappa shape index (κ3) is 3.25. The van der Waals surface area contributed by atoms with Gasteiger partial charge in [0.1, 0.15) is 18.2 Å². The number of esters is 1. The van der Waals surface area contributed by atoms with Crippen LogP contribution in [-0.4, -0.2) is 31.3 Å². The second kappa shape index (κ2) is 7.54. The number of carbonyl (C=O) groups is 1. The van der Waals surface area contributed by atoms with Crippen LogP contribution in [-0.2, 0) is 22.6 Å². The van der Waals surface area contributed by atoms with Crippen LogP contribution in [0, 0.1) is 11.6 Å². The number of benzene rings is 2. The van der Waals surface area contributed by atoms with E-state index in [-0.39, 0.29) is 24.5 Å². The molecule has 0 radical (unpaired) electrons. The van der Waals surface area contributed by atoms with E-state index in [9.17, 15) is 23.2 Å². The standard InChI is InChI=1S/C20H16F2N4O4/c1-2-30-17(27)11-25-18(28)19(29)26-16-6-4-3-5-15(16)24(20(26)23-25)10-12-7-8-13(21)9-14(12)22/h3-9H,2,10-11H2,1H3. The van der Waals surface area contributed by atoms with Gasteiger partial charge >= 0.3 is 17.1 Å². The van der Waals surface area contributed by atoms with Gasteiger partial charge in [0.05, 0.1) is 24.2 Å². The summed E-state index contributed by atoms with van der Waals surface area (Å²) in [4.78, 5) is 37.1. The first-order valence-electron chi connectivity index (χ1n) is 9.11. The van der Waals surface area contributed by atoms with Gasteiger partial charge < -0.3 is 9.30 Å². The Hall–Kier alpha value is -3.82. The fraction of sp³-hybridized carbons (Fsp3) is 0.200. The number of fused-ring (bicyclic) bond motifs is 3. The fourth-order valence-corrected chi connectivity index (χ4v) is 3.29. The lowest BCUT2D eigenvalue weighted by Gasteiger charge is -2.09. The summed E-state index contributed by atoms with van der Waals surface area (Å²) in [5.74, 6) is -2.15. The zero-order chi connectivity index (χ0) is 21.4. The van der Waals surface area contributed by atoms with Gasteiger partial charge in [0.15, 0.2) is 0 Å². The summed E-state index contributed by atoms with van der Waals surface area (Å²) in [7, 11) is 0. The number of hydrogen-bond acceptors (Lipinski definition) is 5. The maximum absolute atomic E-state index is 14.3. The van der Waals surface area contributed by atoms with Crippen molar-refractivity contribution in [3.05, 3.63) is 80.4 Å². The first-order valence-corrected chi connectivity index (χ1v) is 9.11. The minimum atomic E-state index is -0.989. The highest BCUT2D eigenvalue weighted by Crippen LogP contribution is 2.20. The maximum atomic E-state index is 14.3. The van der Waals surface area contributed by atoms with E-state index >= 15 is 0 Å². The number of hydrogen-bond donors (Lipinski definition) is 0. The maximum Gasteiger partial charge on any atom is 0.333 e. The Kier molecular flexibility index (Phi) is 4.90. The molecule has 0 saturated carbocycles. The fourth-order valence-electron chi connectivity index (χ4n) is 3.29. The van der Waals surface area contributed by atoms with Gasteiger partial charge in [-0.1, -0.05) is 18.2 Å². The number of para-hydroxylation sites is 2. The zero-order valence-electron chi connectivity index (χ0n) is 15.8. The van der Waals surface area contributed by atoms with Gasteiger partial charge in [-0.15, -0.1) is 5.10 Å². The molecular weight excluding hydrogens is 398 g/mol. The van der Waals surface area contributed by atoms with Gasteiger partial charge in [-0.3, -0.25) is 14.4 Å². The Morgan fingerprint density at radius 3 is 2.50 bits per heavy atom. The number of ether oxygens (including phenoxy) is 1. The lowest BCUT2D eigenvalue weighted by molar-refractivity contribution is -0.144. The zero-order valence-corrected chi connectivity index (χ0v) is 15.8. The first kappa shape index (κ1) is 19.5. The van der Waals surface area contributed by atoms with Crippen molar-refractivity contribution in [3.8, 4) is 0 Å². The van der Waals surface area contributed by atoms with Crippen molar-refractivity contribution in [1.82, 2.24) is 18.7 Å². The van der Waals surface area contributed by atoms with Crippen LogP contribution in [0.2, 0.25) is 0 Å². The number of aromatic nitrogens is 4. The van der Waals surface area contributed by atoms with E-state index < -0.39 is 35.3 Å². The number of halogens is 2. The smallest absolute Gasteiger partial charge is 0.333 e. The second-order valence-corrected chi connectivity index (χ2v) is 6.52. The van der Waals surface area contributed by atoms with Gasteiger partial charge in [0.25, 0.3) is 0 Å². The molecule has 4 aromatic rings. The molecule has 8 nitrogen and oxygen atoms in total. The molecule has 0 bridgehead atoms. The summed E-state index contributed by atoms with van der Waals surface area (Å²) in [5, 5.41) is 4.17. The van der Waals surface area contributed by atoms with Crippen molar-refractivity contribution in [2.75, 3.05) is 6.61 Å². The summed E-state index contributed by atoms with van der Waals surface area (Å²) in [6.45, 7) is 1.11. The van der Waals surface area contributed by atoms with Crippen molar-refractivity contribution in [2.45, 2.75) is 20.0 Å². The highest BCUT2D eigenvalue weighted by molar-refractivity contribution is 5.80. The Morgan fingerprint density at radius 1 is 1.07 bits per heavy atom. The third-order valence-corrected chi connectivity index (χ3v) is 4.61. The minimum absolute atomic E-state index is 0.0359. The molecule has 2 aromatic heterocycles. The third-order valence-electron chi connectivity index (χ3n) is 4.61. The van der Waals surface area contributed by atoms with Crippen molar-refractivity contribution >= 4 is 22.8 Å². The van der Waals surface area contributed by atoms with E-state index in [1.165, 1.54) is 10.6 Å². The van der Waals surface area contributed by atoms with Gasteiger partial charge in [-0.2, -0.15) is 0 Å². The van der Waals surface area contributed by atoms with Gasteiger partial charge in [-0.05, 0) is 25.1 Å². The molecule has 0 fully saturated rings. The molecule has 30 heavy (non-hydrogen) atoms. The van der Waals surface area contributed by atoms with Crippen LogP contribution in [0.25, 0.3) is 16.8 Å². The Bertz CT molecular complexity index is 1400. The predicted molar refractivity (Wildman–Crippen MR) is 103 cm³/mol. The Balaban J connectivity index is 1.97. The molecule has 0 spiro atoms. The highest BCUT2D eigenvalue weighted by atomic mass is 19.1. The van der Waals surface area contributed by atoms with E-state index in [0.29, 0.717) is 11.0 Å². The molecule has 0 aliphatic heterocycles. The minimum Gasteiger partial charge on any atom is -0.465 e. The van der Waals surface area contributed by atoms with Crippen LogP contribution in [0.3, 0.4) is 0 Å². The largest absolute Gasteiger partial charge is 0.465 e. The molecule has 0 atom stereocenters. The van der Waals surface area contributed by atoms with E-state index in [2.05, 4.69) is 5.10 Å². The van der Waals surface area contributed by atoms with Crippen LogP contribution in [0.5, 0.6) is 0 Å². The van der Waals surface area contributed by atoms with Crippen LogP contribution >= 0.6 is 0 Å². The lowest BCUT2D eigenvalue weighted by Crippen LogP contribution is -2.42. The summed E-state index contributed by atoms with van der Waals surface area (Å²) >= 11 is 0. The molecule has 0 saturated heterocycles. The predicted octanol–water partition coefficient (Wildman–Crippen LogP) is 1.70. The SMILES string of the molecule is CCOC(=O)Cn1nc2n(Cc3ccc(F)cc3F)c3ccccc3n2c(=O)c1=O. The molecule has 4 rings (SSSR count). The van der Waals surface area contributed by atoms with Crippen molar-refractivity contribution in [1.29, 1.82) is 0 Å². The molecule has 2 aromatic carbocycles. The Labute approximate surface area is 167 Å². The average molecular weight is 414 g/mol. The topological polar surface area (TPSA) is 87.6 Å². The number of nitrogens with zero attached hydrogens (tertiary/aromatic N) is 4. The summed E-state index contributed by atoms with van der Waals surface area (Å²) in [6.07, 6.45) is 0. The second-order valence-electron chi connectivity index (χ2n) is 6.52. The number of imidazole rings is 1. The number of rotatable bonds is 5. The van der Waals surface area contributed by atoms with E-state index in [1.54, 1.807) is 31.2 Å². The van der Waals surface area contributed by atoms with Crippen LogP contribution in [0.1, 0.15) is 12.5 Å². The first-order chi connectivity index (χ1) is 14.4. The molecule has 0 N–H and O–H groups in total. The number of carbonyl (C=O) groups excluding carboxylic acids is 1. The van der Waals surface area contributed by atoms with Gasteiger partial charge in [0.2, 0.25) is 5.78 Å². The molecule has 2 heterocycles. The lowest BCUT2D eigenvalue weighted by atomic mass is 10.2. The van der Waals surface area contributed by atoms with Gasteiger partial charge in [-0.25, -0.2) is 17.9 Å². The highest BCUT2D eigenvalue weighted by Gasteiger charge is 2.19. The van der Waals surface area contributed by atoms with E-state index in [0.717, 1.165) is 21.2 Å². The molecule has 154 valence electrons. The quantitative estimate of drug-likeness (QED) is 0.367. The van der Waals surface area contributed by atoms with Crippen molar-refractivity contribution < 1.29 is 18.3 Å². The Morgan fingerprint density at radius 2 is 1.80 bits per heavy atom. The molecule has 10 heteroatoms. The summed E-state index contributed by atoms with van der Waals surface area (Å²) in [5.41, 5.74) is -0.820.